The third-order valence-corrected chi connectivity index (χ3v) is 5.57. The van der Waals surface area contributed by atoms with E-state index in [1.807, 2.05) is 38.1 Å². The van der Waals surface area contributed by atoms with Gasteiger partial charge in [0, 0.05) is 18.8 Å². The number of rotatable bonds is 6. The molecule has 2 aromatic carbocycles. The Kier molecular flexibility index (Phi) is 6.61. The van der Waals surface area contributed by atoms with Gasteiger partial charge in [-0.05, 0) is 74.9 Å². The van der Waals surface area contributed by atoms with Gasteiger partial charge in [0.2, 0.25) is 0 Å². The predicted octanol–water partition coefficient (Wildman–Crippen LogP) is 4.88. The number of benzene rings is 2. The summed E-state index contributed by atoms with van der Waals surface area (Å²) in [5.74, 6) is 1.44. The average molecular weight is 381 g/mol. The van der Waals surface area contributed by atoms with Crippen LogP contribution >= 0.6 is 0 Å². The second kappa shape index (κ2) is 9.13. The highest BCUT2D eigenvalue weighted by Gasteiger charge is 2.19. The van der Waals surface area contributed by atoms with Crippen molar-refractivity contribution in [1.29, 1.82) is 0 Å². The fraction of sp³-hybridized carbons (Fsp3) is 0.458. The van der Waals surface area contributed by atoms with Crippen LogP contribution in [-0.4, -0.2) is 25.1 Å². The molecule has 0 aromatic heterocycles. The molecule has 1 aliphatic heterocycles. The number of nitrogens with one attached hydrogen (secondary N) is 1. The van der Waals surface area contributed by atoms with E-state index in [0.717, 1.165) is 35.9 Å². The van der Waals surface area contributed by atoms with Gasteiger partial charge in [-0.15, -0.1) is 0 Å². The molecule has 0 aliphatic carbocycles. The number of hydrogen-bond acceptors (Lipinski definition) is 3. The summed E-state index contributed by atoms with van der Waals surface area (Å²) >= 11 is 0. The molecule has 1 aliphatic rings. The molecular formula is C24H32N2O2. The predicted molar refractivity (Wildman–Crippen MR) is 115 cm³/mol. The minimum atomic E-state index is -0.543. The standard InChI is InChI=1S/C24H32N2O2/c1-17-12-14-26(15-13-17)22-10-8-21(9-11-22)19(3)25-24(27)20(4)28-23-7-5-6-18(2)16-23/h5-11,16-17,19-20H,12-15H2,1-4H3,(H,25,27)/t19-,20-/m1/s1. The van der Waals surface area contributed by atoms with Crippen LogP contribution in [0.5, 0.6) is 5.75 Å². The van der Waals surface area contributed by atoms with E-state index < -0.39 is 6.10 Å². The molecule has 0 saturated carbocycles. The molecule has 2 atom stereocenters. The number of hydrogen-bond donors (Lipinski definition) is 1. The van der Waals surface area contributed by atoms with Crippen LogP contribution in [0.1, 0.15) is 50.8 Å². The number of piperidine rings is 1. The molecule has 1 heterocycles. The quantitative estimate of drug-likeness (QED) is 0.777. The zero-order chi connectivity index (χ0) is 20.1. The molecule has 0 spiro atoms. The first-order valence-electron chi connectivity index (χ1n) is 10.3. The fourth-order valence-electron chi connectivity index (χ4n) is 3.60. The second-order valence-corrected chi connectivity index (χ2v) is 8.07. The average Bonchev–Trinajstić information content (AvgIpc) is 2.68. The van der Waals surface area contributed by atoms with Gasteiger partial charge in [0.25, 0.3) is 5.91 Å². The molecule has 1 saturated heterocycles. The highest BCUT2D eigenvalue weighted by molar-refractivity contribution is 5.81. The molecule has 150 valence electrons. The van der Waals surface area contributed by atoms with Gasteiger partial charge in [0.05, 0.1) is 6.04 Å². The number of ether oxygens (including phenoxy) is 1. The van der Waals surface area contributed by atoms with Crippen LogP contribution < -0.4 is 15.0 Å². The topological polar surface area (TPSA) is 41.6 Å². The van der Waals surface area contributed by atoms with E-state index in [0.29, 0.717) is 0 Å². The smallest absolute Gasteiger partial charge is 0.261 e. The minimum absolute atomic E-state index is 0.0634. The molecule has 4 heteroatoms. The van der Waals surface area contributed by atoms with Crippen molar-refractivity contribution in [2.24, 2.45) is 5.92 Å². The molecule has 28 heavy (non-hydrogen) atoms. The van der Waals surface area contributed by atoms with Crippen molar-refractivity contribution < 1.29 is 9.53 Å². The molecule has 0 radical (unpaired) electrons. The maximum atomic E-state index is 12.5. The molecule has 2 aromatic rings. The lowest BCUT2D eigenvalue weighted by atomic mass is 9.98. The van der Waals surface area contributed by atoms with Crippen LogP contribution in [0.25, 0.3) is 0 Å². The Morgan fingerprint density at radius 3 is 2.43 bits per heavy atom. The lowest BCUT2D eigenvalue weighted by molar-refractivity contribution is -0.127. The van der Waals surface area contributed by atoms with Crippen molar-refractivity contribution in [3.05, 3.63) is 59.7 Å². The van der Waals surface area contributed by atoms with E-state index in [9.17, 15) is 4.79 Å². The molecule has 4 nitrogen and oxygen atoms in total. The zero-order valence-corrected chi connectivity index (χ0v) is 17.4. The van der Waals surface area contributed by atoms with Gasteiger partial charge in [-0.25, -0.2) is 0 Å². The number of aryl methyl sites for hydroxylation is 1. The molecule has 3 rings (SSSR count). The summed E-state index contributed by atoms with van der Waals surface area (Å²) in [4.78, 5) is 15.0. The number of amides is 1. The van der Waals surface area contributed by atoms with Crippen LogP contribution in [0.3, 0.4) is 0 Å². The third-order valence-electron chi connectivity index (χ3n) is 5.57. The van der Waals surface area contributed by atoms with Crippen molar-refractivity contribution in [2.45, 2.75) is 52.7 Å². The van der Waals surface area contributed by atoms with Gasteiger partial charge in [-0.3, -0.25) is 4.79 Å². The second-order valence-electron chi connectivity index (χ2n) is 8.07. The van der Waals surface area contributed by atoms with Gasteiger partial charge >= 0.3 is 0 Å². The Bertz CT molecular complexity index is 779. The first kappa shape index (κ1) is 20.2. The SMILES string of the molecule is Cc1cccc(O[C@H](C)C(=O)N[C@H](C)c2ccc(N3CCC(C)CC3)cc2)c1. The van der Waals surface area contributed by atoms with Crippen LogP contribution in [0.2, 0.25) is 0 Å². The lowest BCUT2D eigenvalue weighted by Gasteiger charge is -2.32. The van der Waals surface area contributed by atoms with E-state index in [-0.39, 0.29) is 11.9 Å². The summed E-state index contributed by atoms with van der Waals surface area (Å²) < 4.78 is 5.78. The number of anilines is 1. The van der Waals surface area contributed by atoms with Crippen LogP contribution in [0.15, 0.2) is 48.5 Å². The highest BCUT2D eigenvalue weighted by Crippen LogP contribution is 2.24. The highest BCUT2D eigenvalue weighted by atomic mass is 16.5. The summed E-state index contributed by atoms with van der Waals surface area (Å²) in [6, 6.07) is 16.3. The minimum Gasteiger partial charge on any atom is -0.481 e. The van der Waals surface area contributed by atoms with Crippen LogP contribution in [0, 0.1) is 12.8 Å². The van der Waals surface area contributed by atoms with Crippen molar-refractivity contribution in [1.82, 2.24) is 5.32 Å². The van der Waals surface area contributed by atoms with Gasteiger partial charge < -0.3 is 15.0 Å². The van der Waals surface area contributed by atoms with E-state index in [1.54, 1.807) is 6.92 Å². The van der Waals surface area contributed by atoms with E-state index in [1.165, 1.54) is 18.5 Å². The third kappa shape index (κ3) is 5.28. The van der Waals surface area contributed by atoms with Gasteiger partial charge in [-0.2, -0.15) is 0 Å². The van der Waals surface area contributed by atoms with Gasteiger partial charge in [0.15, 0.2) is 6.10 Å². The van der Waals surface area contributed by atoms with Gasteiger partial charge in [0.1, 0.15) is 5.75 Å². The van der Waals surface area contributed by atoms with Gasteiger partial charge in [-0.1, -0.05) is 31.2 Å². The van der Waals surface area contributed by atoms with E-state index in [4.69, 9.17) is 4.74 Å². The Balaban J connectivity index is 1.54. The Hall–Kier alpha value is -2.49. The van der Waals surface area contributed by atoms with Crippen molar-refractivity contribution in [3.63, 3.8) is 0 Å². The summed E-state index contributed by atoms with van der Waals surface area (Å²) in [5, 5.41) is 3.06. The Labute approximate surface area is 168 Å². The molecule has 1 N–H and O–H groups in total. The monoisotopic (exact) mass is 380 g/mol. The maximum absolute atomic E-state index is 12.5. The Morgan fingerprint density at radius 1 is 1.11 bits per heavy atom. The van der Waals surface area contributed by atoms with E-state index >= 15 is 0 Å². The maximum Gasteiger partial charge on any atom is 0.261 e. The summed E-state index contributed by atoms with van der Waals surface area (Å²) in [5.41, 5.74) is 3.48. The first-order chi connectivity index (χ1) is 13.4. The molecule has 1 amide bonds. The summed E-state index contributed by atoms with van der Waals surface area (Å²) in [7, 11) is 0. The van der Waals surface area contributed by atoms with E-state index in [2.05, 4.69) is 41.4 Å². The first-order valence-corrected chi connectivity index (χ1v) is 10.3. The summed E-state index contributed by atoms with van der Waals surface area (Å²) in [6.45, 7) is 10.4. The fourth-order valence-corrected chi connectivity index (χ4v) is 3.60. The molecule has 0 bridgehead atoms. The number of carbonyl (C=O) groups is 1. The van der Waals surface area contributed by atoms with Crippen LogP contribution in [-0.2, 0) is 4.79 Å². The van der Waals surface area contributed by atoms with Crippen molar-refractivity contribution in [3.8, 4) is 5.75 Å². The number of nitrogens with zero attached hydrogens (tertiary/aromatic N) is 1. The van der Waals surface area contributed by atoms with Crippen molar-refractivity contribution in [2.75, 3.05) is 18.0 Å². The molecule has 1 fully saturated rings. The largest absolute Gasteiger partial charge is 0.481 e. The van der Waals surface area contributed by atoms with Crippen LogP contribution in [0.4, 0.5) is 5.69 Å². The molecular weight excluding hydrogens is 348 g/mol. The lowest BCUT2D eigenvalue weighted by Crippen LogP contribution is -2.37. The zero-order valence-electron chi connectivity index (χ0n) is 17.4. The van der Waals surface area contributed by atoms with Crippen molar-refractivity contribution >= 4 is 11.6 Å². The molecule has 0 unspecified atom stereocenters. The number of carbonyl (C=O) groups excluding carboxylic acids is 1. The Morgan fingerprint density at radius 2 is 1.79 bits per heavy atom. The summed E-state index contributed by atoms with van der Waals surface area (Å²) in [6.07, 6.45) is 1.97. The normalized spacial score (nSPS) is 17.1.